The van der Waals surface area contributed by atoms with E-state index >= 15 is 0 Å². The number of nitrogens with one attached hydrogen (secondary N) is 1. The highest BCUT2D eigenvalue weighted by Gasteiger charge is 2.58. The minimum Gasteiger partial charge on any atom is -0.469 e. The molecule has 4 atom stereocenters. The highest BCUT2D eigenvalue weighted by molar-refractivity contribution is 6.48. The molecule has 6 nitrogen and oxygen atoms in total. The molecule has 0 heterocycles. The lowest BCUT2D eigenvalue weighted by Gasteiger charge is -2.57. The average molecular weight is 506 g/mol. The number of hydrogen-bond acceptors (Lipinski definition) is 5. The maximum atomic E-state index is 13.2. The van der Waals surface area contributed by atoms with Crippen LogP contribution in [0.1, 0.15) is 72.8 Å². The number of carbonyl (C=O) groups excluding carboxylic acids is 2. The van der Waals surface area contributed by atoms with Gasteiger partial charge in [0.1, 0.15) is 5.60 Å². The van der Waals surface area contributed by atoms with Gasteiger partial charge in [0.2, 0.25) is 0 Å². The van der Waals surface area contributed by atoms with Crippen molar-refractivity contribution in [1.29, 1.82) is 0 Å². The first-order valence-corrected chi connectivity index (χ1v) is 15.8. The lowest BCUT2D eigenvalue weighted by Crippen LogP contribution is -2.68. The van der Waals surface area contributed by atoms with Gasteiger partial charge in [-0.1, -0.05) is 63.9 Å². The highest BCUT2D eigenvalue weighted by Crippen LogP contribution is 2.51. The van der Waals surface area contributed by atoms with Crippen LogP contribution in [0, 0.1) is 17.3 Å². The number of rotatable bonds is 8. The van der Waals surface area contributed by atoms with E-state index in [-0.39, 0.29) is 23.2 Å². The number of amides is 1. The zero-order chi connectivity index (χ0) is 26.4. The molecule has 4 unspecified atom stereocenters. The Labute approximate surface area is 214 Å². The SMILES string of the molecule is COC(=O)C1CCCCC1C(O[SiH](C)C)(C(Cc1ccccc1)NC(=O)OC(C)(C)C)C(C)(C)C. The Morgan fingerprint density at radius 3 is 2.14 bits per heavy atom. The molecule has 0 radical (unpaired) electrons. The third-order valence-electron chi connectivity index (χ3n) is 6.91. The Morgan fingerprint density at radius 2 is 1.63 bits per heavy atom. The van der Waals surface area contributed by atoms with Crippen molar-refractivity contribution in [2.75, 3.05) is 7.11 Å². The van der Waals surface area contributed by atoms with E-state index in [4.69, 9.17) is 13.9 Å². The van der Waals surface area contributed by atoms with Crippen molar-refractivity contribution in [2.24, 2.45) is 17.3 Å². The number of methoxy groups -OCH3 is 1. The van der Waals surface area contributed by atoms with Crippen molar-refractivity contribution >= 4 is 21.1 Å². The largest absolute Gasteiger partial charge is 0.469 e. The molecular formula is C28H47NO5Si. The number of alkyl carbamates (subject to hydrolysis) is 1. The molecule has 1 fully saturated rings. The molecule has 1 amide bonds. The molecule has 0 aliphatic heterocycles. The standard InChI is InChI=1S/C28H47NO5Si/c1-26(2,3)28(34-35(8)9,22-18-14-13-17-21(22)24(30)32-7)23(19-20-15-11-10-12-16-20)29-25(31)33-27(4,5)6/h10-12,15-16,21-23,35H,13-14,17-19H2,1-9H3,(H,29,31). The summed E-state index contributed by atoms with van der Waals surface area (Å²) < 4.78 is 18.1. The van der Waals surface area contributed by atoms with Crippen molar-refractivity contribution in [2.45, 2.75) is 104 Å². The molecule has 1 saturated carbocycles. The predicted octanol–water partition coefficient (Wildman–Crippen LogP) is 5.89. The van der Waals surface area contributed by atoms with E-state index in [0.717, 1.165) is 31.2 Å². The molecule has 0 bridgehead atoms. The molecule has 1 aliphatic rings. The van der Waals surface area contributed by atoms with Gasteiger partial charge in [-0.15, -0.1) is 0 Å². The summed E-state index contributed by atoms with van der Waals surface area (Å²) in [6.45, 7) is 16.4. The Morgan fingerprint density at radius 1 is 1.03 bits per heavy atom. The summed E-state index contributed by atoms with van der Waals surface area (Å²) in [6.07, 6.45) is 3.72. The molecule has 1 aliphatic carbocycles. The van der Waals surface area contributed by atoms with Gasteiger partial charge < -0.3 is 19.2 Å². The fraction of sp³-hybridized carbons (Fsp3) is 0.714. The molecule has 0 saturated heterocycles. The van der Waals surface area contributed by atoms with Gasteiger partial charge in [-0.25, -0.2) is 4.79 Å². The summed E-state index contributed by atoms with van der Waals surface area (Å²) in [5.41, 5.74) is -0.702. The summed E-state index contributed by atoms with van der Waals surface area (Å²) in [6, 6.07) is 9.75. The normalized spacial score (nSPS) is 21.7. The fourth-order valence-electron chi connectivity index (χ4n) is 5.76. The lowest BCUT2D eigenvalue weighted by atomic mass is 9.57. The molecule has 198 valence electrons. The summed E-state index contributed by atoms with van der Waals surface area (Å²) in [5.74, 6) is -0.560. The van der Waals surface area contributed by atoms with Crippen LogP contribution in [0.15, 0.2) is 30.3 Å². The van der Waals surface area contributed by atoms with E-state index in [1.807, 2.05) is 39.0 Å². The van der Waals surface area contributed by atoms with Crippen molar-refractivity contribution in [3.05, 3.63) is 35.9 Å². The predicted molar refractivity (Wildman–Crippen MR) is 143 cm³/mol. The molecule has 35 heavy (non-hydrogen) atoms. The van der Waals surface area contributed by atoms with Crippen LogP contribution in [0.2, 0.25) is 13.1 Å². The maximum absolute atomic E-state index is 13.2. The van der Waals surface area contributed by atoms with Gasteiger partial charge in [0.15, 0.2) is 9.04 Å². The van der Waals surface area contributed by atoms with Gasteiger partial charge in [0, 0.05) is 5.92 Å². The second-order valence-corrected chi connectivity index (χ2v) is 14.5. The third kappa shape index (κ3) is 7.56. The van der Waals surface area contributed by atoms with Gasteiger partial charge in [0.25, 0.3) is 0 Å². The van der Waals surface area contributed by atoms with E-state index < -0.39 is 32.4 Å². The molecule has 2 rings (SSSR count). The first-order valence-electron chi connectivity index (χ1n) is 13.0. The van der Waals surface area contributed by atoms with E-state index in [2.05, 4.69) is 51.3 Å². The topological polar surface area (TPSA) is 73.9 Å². The smallest absolute Gasteiger partial charge is 0.407 e. The van der Waals surface area contributed by atoms with Gasteiger partial charge >= 0.3 is 12.1 Å². The van der Waals surface area contributed by atoms with E-state index in [1.165, 1.54) is 7.11 Å². The molecule has 7 heteroatoms. The van der Waals surface area contributed by atoms with Crippen LogP contribution in [0.4, 0.5) is 4.79 Å². The van der Waals surface area contributed by atoms with Gasteiger partial charge in [0.05, 0.1) is 24.7 Å². The number of esters is 1. The first kappa shape index (κ1) is 29.4. The highest BCUT2D eigenvalue weighted by atomic mass is 28.3. The molecular weight excluding hydrogens is 458 g/mol. The van der Waals surface area contributed by atoms with Gasteiger partial charge in [-0.05, 0) is 64.1 Å². The Bertz CT molecular complexity index is 830. The second-order valence-electron chi connectivity index (χ2n) is 12.1. The number of ether oxygens (including phenoxy) is 2. The minimum absolute atomic E-state index is 0.0951. The zero-order valence-electron chi connectivity index (χ0n) is 23.3. The summed E-state index contributed by atoms with van der Waals surface area (Å²) in [7, 11) is -0.166. The average Bonchev–Trinajstić information content (AvgIpc) is 2.75. The number of hydrogen-bond donors (Lipinski definition) is 1. The van der Waals surface area contributed by atoms with E-state index in [9.17, 15) is 9.59 Å². The van der Waals surface area contributed by atoms with E-state index in [1.54, 1.807) is 0 Å². The summed E-state index contributed by atoms with van der Waals surface area (Å²) in [4.78, 5) is 26.3. The van der Waals surface area contributed by atoms with Crippen molar-refractivity contribution in [3.8, 4) is 0 Å². The van der Waals surface area contributed by atoms with Crippen LogP contribution >= 0.6 is 0 Å². The number of benzene rings is 1. The van der Waals surface area contributed by atoms with Crippen LogP contribution < -0.4 is 5.32 Å². The van der Waals surface area contributed by atoms with Crippen LogP contribution in [-0.2, 0) is 25.1 Å². The lowest BCUT2D eigenvalue weighted by molar-refractivity contribution is -0.167. The molecule has 0 aromatic heterocycles. The number of carbonyl (C=O) groups is 2. The maximum Gasteiger partial charge on any atom is 0.407 e. The Hall–Kier alpha value is -1.86. The Balaban J connectivity index is 2.70. The molecule has 1 aromatic rings. The summed E-state index contributed by atoms with van der Waals surface area (Å²) in [5, 5.41) is 3.23. The molecule has 0 spiro atoms. The Kier molecular flexibility index (Phi) is 10.00. The second kappa shape index (κ2) is 11.9. The first-order chi connectivity index (χ1) is 16.2. The van der Waals surface area contributed by atoms with Crippen LogP contribution in [0.3, 0.4) is 0 Å². The minimum atomic E-state index is -1.63. The zero-order valence-corrected chi connectivity index (χ0v) is 24.4. The van der Waals surface area contributed by atoms with Crippen LogP contribution in [0.25, 0.3) is 0 Å². The van der Waals surface area contributed by atoms with Crippen LogP contribution in [0.5, 0.6) is 0 Å². The van der Waals surface area contributed by atoms with Crippen molar-refractivity contribution in [1.82, 2.24) is 5.32 Å². The monoisotopic (exact) mass is 505 g/mol. The molecule has 1 N–H and O–H groups in total. The van der Waals surface area contributed by atoms with Gasteiger partial charge in [-0.3, -0.25) is 4.79 Å². The van der Waals surface area contributed by atoms with Crippen molar-refractivity contribution in [3.63, 3.8) is 0 Å². The quantitative estimate of drug-likeness (QED) is 0.352. The third-order valence-corrected chi connectivity index (χ3v) is 7.78. The van der Waals surface area contributed by atoms with E-state index in [0.29, 0.717) is 6.42 Å². The fourth-order valence-corrected chi connectivity index (χ4v) is 7.23. The van der Waals surface area contributed by atoms with Gasteiger partial charge in [-0.2, -0.15) is 0 Å². The molecule has 1 aromatic carbocycles. The summed E-state index contributed by atoms with van der Waals surface area (Å²) >= 11 is 0. The van der Waals surface area contributed by atoms with Crippen LogP contribution in [-0.4, -0.2) is 45.5 Å². The van der Waals surface area contributed by atoms with Crippen molar-refractivity contribution < 1.29 is 23.5 Å².